The van der Waals surface area contributed by atoms with Crippen LogP contribution in [0.2, 0.25) is 5.02 Å². The van der Waals surface area contributed by atoms with E-state index >= 15 is 0 Å². The first-order valence-electron chi connectivity index (χ1n) is 6.96. The van der Waals surface area contributed by atoms with Crippen LogP contribution in [0.1, 0.15) is 47.9 Å². The summed E-state index contributed by atoms with van der Waals surface area (Å²) in [4.78, 5) is 0. The van der Waals surface area contributed by atoms with E-state index < -0.39 is 11.9 Å². The number of hydrogen-bond acceptors (Lipinski definition) is 1. The van der Waals surface area contributed by atoms with Crippen LogP contribution in [0.15, 0.2) is 42.5 Å². The van der Waals surface area contributed by atoms with Crippen molar-refractivity contribution in [2.75, 3.05) is 0 Å². The van der Waals surface area contributed by atoms with Crippen LogP contribution in [0, 0.1) is 5.82 Å². The summed E-state index contributed by atoms with van der Waals surface area (Å²) in [5.74, 6) is 0.271. The summed E-state index contributed by atoms with van der Waals surface area (Å²) in [6, 6.07) is 12.7. The molecule has 1 unspecified atom stereocenters. The number of benzene rings is 2. The Bertz CT molecular complexity index is 605. The van der Waals surface area contributed by atoms with Crippen molar-refractivity contribution in [3.63, 3.8) is 0 Å². The van der Waals surface area contributed by atoms with Crippen molar-refractivity contribution in [2.45, 2.75) is 31.2 Å². The second-order valence-electron chi connectivity index (χ2n) is 5.42. The van der Waals surface area contributed by atoms with E-state index in [9.17, 15) is 4.39 Å². The molecule has 0 heterocycles. The van der Waals surface area contributed by atoms with Gasteiger partial charge in [0.25, 0.3) is 0 Å². The number of halogens is 2. The minimum atomic E-state index is -0.482. The molecule has 0 amide bonds. The highest BCUT2D eigenvalue weighted by Gasteiger charge is 2.20. The molecule has 0 aromatic heterocycles. The molecule has 1 fully saturated rings. The molecule has 0 aliphatic heterocycles. The van der Waals surface area contributed by atoms with E-state index in [4.69, 9.17) is 17.3 Å². The molecule has 104 valence electrons. The molecule has 3 heteroatoms. The van der Waals surface area contributed by atoms with E-state index in [1.165, 1.54) is 30.9 Å². The van der Waals surface area contributed by atoms with Crippen molar-refractivity contribution < 1.29 is 4.39 Å². The highest BCUT2D eigenvalue weighted by atomic mass is 35.5. The zero-order valence-electron chi connectivity index (χ0n) is 11.2. The molecule has 0 bridgehead atoms. The van der Waals surface area contributed by atoms with Crippen LogP contribution in [0.5, 0.6) is 0 Å². The van der Waals surface area contributed by atoms with Crippen molar-refractivity contribution in [3.05, 3.63) is 70.0 Å². The molecular formula is C17H17ClFN. The Labute approximate surface area is 123 Å². The van der Waals surface area contributed by atoms with Crippen LogP contribution in [-0.4, -0.2) is 0 Å². The van der Waals surface area contributed by atoms with Gasteiger partial charge in [-0.2, -0.15) is 0 Å². The molecule has 1 aliphatic rings. The average Bonchev–Trinajstić information content (AvgIpc) is 2.40. The van der Waals surface area contributed by atoms with Crippen molar-refractivity contribution in [3.8, 4) is 0 Å². The van der Waals surface area contributed by atoms with E-state index in [0.717, 1.165) is 5.56 Å². The summed E-state index contributed by atoms with van der Waals surface area (Å²) in [5, 5.41) is 0.115. The Morgan fingerprint density at radius 3 is 2.40 bits per heavy atom. The number of nitrogens with two attached hydrogens (primary N) is 1. The molecule has 2 aromatic carbocycles. The molecule has 1 aliphatic carbocycles. The third kappa shape index (κ3) is 2.46. The fraction of sp³-hybridized carbons (Fsp3) is 0.294. The molecule has 2 N–H and O–H groups in total. The first-order chi connectivity index (χ1) is 9.66. The van der Waals surface area contributed by atoms with Crippen molar-refractivity contribution in [1.29, 1.82) is 0 Å². The van der Waals surface area contributed by atoms with Gasteiger partial charge in [0.2, 0.25) is 0 Å². The van der Waals surface area contributed by atoms with Gasteiger partial charge in [-0.15, -0.1) is 0 Å². The zero-order chi connectivity index (χ0) is 14.1. The largest absolute Gasteiger partial charge is 0.320 e. The summed E-state index contributed by atoms with van der Waals surface area (Å²) in [6.07, 6.45) is 3.86. The molecule has 0 spiro atoms. The van der Waals surface area contributed by atoms with Crippen molar-refractivity contribution in [1.82, 2.24) is 0 Å². The van der Waals surface area contributed by atoms with Gasteiger partial charge in [0.15, 0.2) is 0 Å². The third-order valence-electron chi connectivity index (χ3n) is 4.19. The smallest absolute Gasteiger partial charge is 0.146 e. The monoisotopic (exact) mass is 289 g/mol. The minimum absolute atomic E-state index is 0.115. The molecule has 3 rings (SSSR count). The maximum Gasteiger partial charge on any atom is 0.146 e. The van der Waals surface area contributed by atoms with Crippen molar-refractivity contribution >= 4 is 11.6 Å². The van der Waals surface area contributed by atoms with E-state index in [1.54, 1.807) is 12.1 Å². The van der Waals surface area contributed by atoms with Gasteiger partial charge in [0.1, 0.15) is 5.82 Å². The van der Waals surface area contributed by atoms with Crippen LogP contribution in [-0.2, 0) is 0 Å². The lowest BCUT2D eigenvalue weighted by atomic mass is 9.79. The number of hydrogen-bond donors (Lipinski definition) is 1. The summed E-state index contributed by atoms with van der Waals surface area (Å²) in [7, 11) is 0. The summed E-state index contributed by atoms with van der Waals surface area (Å²) >= 11 is 5.81. The molecule has 1 atom stereocenters. The second kappa shape index (κ2) is 5.55. The van der Waals surface area contributed by atoms with Crippen LogP contribution in [0.4, 0.5) is 4.39 Å². The molecular weight excluding hydrogens is 273 g/mol. The van der Waals surface area contributed by atoms with Crippen LogP contribution in [0.25, 0.3) is 0 Å². The second-order valence-corrected chi connectivity index (χ2v) is 5.82. The van der Waals surface area contributed by atoms with Gasteiger partial charge in [-0.3, -0.25) is 0 Å². The minimum Gasteiger partial charge on any atom is -0.320 e. The highest BCUT2D eigenvalue weighted by Crippen LogP contribution is 2.36. The lowest BCUT2D eigenvalue weighted by molar-refractivity contribution is 0.419. The number of rotatable bonds is 3. The van der Waals surface area contributed by atoms with Crippen LogP contribution in [0.3, 0.4) is 0 Å². The van der Waals surface area contributed by atoms with Gasteiger partial charge in [0.05, 0.1) is 11.1 Å². The van der Waals surface area contributed by atoms with Gasteiger partial charge in [-0.25, -0.2) is 4.39 Å². The van der Waals surface area contributed by atoms with E-state index in [-0.39, 0.29) is 5.02 Å². The predicted octanol–water partition coefficient (Wildman–Crippen LogP) is 4.79. The fourth-order valence-electron chi connectivity index (χ4n) is 2.66. The standard InChI is InChI=1S/C17H17ClFN/c18-15-6-2-5-14(16(15)19)17(20)13-9-7-12(8-10-13)11-3-1-4-11/h2,5-11,17H,1,3-4,20H2. The molecule has 0 radical (unpaired) electrons. The summed E-state index contributed by atoms with van der Waals surface area (Å²) in [5.41, 5.74) is 8.87. The van der Waals surface area contributed by atoms with Gasteiger partial charge in [0, 0.05) is 5.56 Å². The highest BCUT2D eigenvalue weighted by molar-refractivity contribution is 6.30. The maximum absolute atomic E-state index is 14.0. The van der Waals surface area contributed by atoms with Crippen molar-refractivity contribution in [2.24, 2.45) is 5.73 Å². The van der Waals surface area contributed by atoms with Crippen LogP contribution >= 0.6 is 11.6 Å². The van der Waals surface area contributed by atoms with Gasteiger partial charge in [-0.1, -0.05) is 54.4 Å². The van der Waals surface area contributed by atoms with Gasteiger partial charge >= 0.3 is 0 Å². The Balaban J connectivity index is 1.86. The third-order valence-corrected chi connectivity index (χ3v) is 4.48. The van der Waals surface area contributed by atoms with E-state index in [0.29, 0.717) is 11.5 Å². The Morgan fingerprint density at radius 1 is 1.10 bits per heavy atom. The molecule has 1 saturated carbocycles. The molecule has 1 nitrogen and oxygen atoms in total. The summed E-state index contributed by atoms with van der Waals surface area (Å²) in [6.45, 7) is 0. The molecule has 2 aromatic rings. The van der Waals surface area contributed by atoms with Crippen LogP contribution < -0.4 is 5.73 Å². The average molecular weight is 290 g/mol. The van der Waals surface area contributed by atoms with Gasteiger partial charge < -0.3 is 5.73 Å². The Morgan fingerprint density at radius 2 is 1.80 bits per heavy atom. The lowest BCUT2D eigenvalue weighted by Gasteiger charge is -2.26. The SMILES string of the molecule is NC(c1ccc(C2CCC2)cc1)c1cccc(Cl)c1F. The van der Waals surface area contributed by atoms with E-state index in [2.05, 4.69) is 12.1 Å². The predicted molar refractivity (Wildman–Crippen MR) is 80.5 cm³/mol. The normalized spacial score (nSPS) is 16.8. The lowest BCUT2D eigenvalue weighted by Crippen LogP contribution is -2.14. The molecule has 20 heavy (non-hydrogen) atoms. The quantitative estimate of drug-likeness (QED) is 0.863. The Hall–Kier alpha value is -1.38. The first kappa shape index (κ1) is 13.6. The fourth-order valence-corrected chi connectivity index (χ4v) is 2.84. The molecule has 0 saturated heterocycles. The maximum atomic E-state index is 14.0. The zero-order valence-corrected chi connectivity index (χ0v) is 11.9. The van der Waals surface area contributed by atoms with Gasteiger partial charge in [-0.05, 0) is 36.0 Å². The topological polar surface area (TPSA) is 26.0 Å². The van der Waals surface area contributed by atoms with E-state index in [1.807, 2.05) is 12.1 Å². The first-order valence-corrected chi connectivity index (χ1v) is 7.34. The Kier molecular flexibility index (Phi) is 3.77. The summed E-state index contributed by atoms with van der Waals surface area (Å²) < 4.78 is 14.0.